The summed E-state index contributed by atoms with van der Waals surface area (Å²) < 4.78 is 23.1. The van der Waals surface area contributed by atoms with Crippen LogP contribution < -0.4 is 5.32 Å². The van der Waals surface area contributed by atoms with E-state index in [-0.39, 0.29) is 23.0 Å². The first-order valence-electron chi connectivity index (χ1n) is 9.00. The highest BCUT2D eigenvalue weighted by molar-refractivity contribution is 7.90. The summed E-state index contributed by atoms with van der Waals surface area (Å²) in [5, 5.41) is 3.03. The van der Waals surface area contributed by atoms with Crippen molar-refractivity contribution in [2.24, 2.45) is 0 Å². The van der Waals surface area contributed by atoms with Gasteiger partial charge in [0.25, 0.3) is 0 Å². The number of rotatable bonds is 9. The molecule has 1 aromatic rings. The van der Waals surface area contributed by atoms with Crippen LogP contribution in [0.5, 0.6) is 0 Å². The molecule has 2 atom stereocenters. The van der Waals surface area contributed by atoms with Crippen LogP contribution in [-0.2, 0) is 9.84 Å². The van der Waals surface area contributed by atoms with Crippen molar-refractivity contribution in [3.05, 3.63) is 29.8 Å². The molecule has 25 heavy (non-hydrogen) atoms. The standard InChI is InChI=1S/C19H32N2O3S/c1-6-7-8-9-10-15(2)20-19(22)21(4)16(3)17-11-13-18(14-12-17)25(5,23)24/h11-16H,6-10H2,1-5H3,(H,20,22). The van der Waals surface area contributed by atoms with Crippen LogP contribution >= 0.6 is 0 Å². The number of carbonyl (C=O) groups excluding carboxylic acids is 1. The number of sulfone groups is 1. The van der Waals surface area contributed by atoms with Gasteiger partial charge in [0.05, 0.1) is 10.9 Å². The van der Waals surface area contributed by atoms with E-state index in [4.69, 9.17) is 0 Å². The Labute approximate surface area is 152 Å². The average molecular weight is 369 g/mol. The Bertz CT molecular complexity index is 641. The molecular weight excluding hydrogens is 336 g/mol. The molecule has 0 saturated heterocycles. The van der Waals surface area contributed by atoms with Crippen LogP contribution in [0, 0.1) is 0 Å². The summed E-state index contributed by atoms with van der Waals surface area (Å²) in [6.45, 7) is 6.15. The molecule has 0 heterocycles. The van der Waals surface area contributed by atoms with Gasteiger partial charge in [-0.15, -0.1) is 0 Å². The lowest BCUT2D eigenvalue weighted by atomic mass is 10.1. The van der Waals surface area contributed by atoms with Crippen LogP contribution in [0.15, 0.2) is 29.2 Å². The largest absolute Gasteiger partial charge is 0.336 e. The summed E-state index contributed by atoms with van der Waals surface area (Å²) in [5.41, 5.74) is 0.903. The lowest BCUT2D eigenvalue weighted by Crippen LogP contribution is -2.42. The molecule has 6 heteroatoms. The fraction of sp³-hybridized carbons (Fsp3) is 0.632. The Morgan fingerprint density at radius 3 is 2.24 bits per heavy atom. The summed E-state index contributed by atoms with van der Waals surface area (Å²) >= 11 is 0. The van der Waals surface area contributed by atoms with Crippen molar-refractivity contribution >= 4 is 15.9 Å². The van der Waals surface area contributed by atoms with Crippen molar-refractivity contribution in [2.45, 2.75) is 69.9 Å². The van der Waals surface area contributed by atoms with Gasteiger partial charge in [0, 0.05) is 19.3 Å². The fourth-order valence-corrected chi connectivity index (χ4v) is 3.29. The molecule has 0 fully saturated rings. The van der Waals surface area contributed by atoms with E-state index < -0.39 is 9.84 Å². The number of unbranched alkanes of at least 4 members (excludes halogenated alkanes) is 3. The highest BCUT2D eigenvalue weighted by Crippen LogP contribution is 2.21. The summed E-state index contributed by atoms with van der Waals surface area (Å²) in [6, 6.07) is 6.60. The number of hydrogen-bond donors (Lipinski definition) is 1. The molecular formula is C19H32N2O3S. The van der Waals surface area contributed by atoms with Crippen LogP contribution in [0.2, 0.25) is 0 Å². The molecule has 1 rings (SSSR count). The topological polar surface area (TPSA) is 66.5 Å². The van der Waals surface area contributed by atoms with Crippen LogP contribution in [0.1, 0.15) is 64.5 Å². The van der Waals surface area contributed by atoms with Gasteiger partial charge in [-0.3, -0.25) is 0 Å². The monoisotopic (exact) mass is 368 g/mol. The Hall–Kier alpha value is -1.56. The third kappa shape index (κ3) is 7.06. The van der Waals surface area contributed by atoms with E-state index in [1.54, 1.807) is 36.2 Å². The van der Waals surface area contributed by atoms with Crippen LogP contribution in [0.25, 0.3) is 0 Å². The first-order valence-corrected chi connectivity index (χ1v) is 10.9. The minimum Gasteiger partial charge on any atom is -0.336 e. The Balaban J connectivity index is 2.59. The quantitative estimate of drug-likeness (QED) is 0.666. The second kappa shape index (κ2) is 9.80. The zero-order valence-electron chi connectivity index (χ0n) is 16.1. The summed E-state index contributed by atoms with van der Waals surface area (Å²) in [6.07, 6.45) is 6.95. The van der Waals surface area contributed by atoms with E-state index in [1.165, 1.54) is 25.5 Å². The van der Waals surface area contributed by atoms with Gasteiger partial charge in [0.2, 0.25) is 0 Å². The lowest BCUT2D eigenvalue weighted by molar-refractivity contribution is 0.190. The highest BCUT2D eigenvalue weighted by atomic mass is 32.2. The smallest absolute Gasteiger partial charge is 0.317 e. The average Bonchev–Trinajstić information content (AvgIpc) is 2.56. The maximum absolute atomic E-state index is 12.4. The molecule has 1 aromatic carbocycles. The fourth-order valence-electron chi connectivity index (χ4n) is 2.66. The maximum atomic E-state index is 12.4. The zero-order valence-corrected chi connectivity index (χ0v) is 16.9. The number of nitrogens with zero attached hydrogens (tertiary/aromatic N) is 1. The van der Waals surface area contributed by atoms with Gasteiger partial charge < -0.3 is 10.2 Å². The number of nitrogens with one attached hydrogen (secondary N) is 1. The molecule has 0 aliphatic rings. The van der Waals surface area contributed by atoms with Gasteiger partial charge in [-0.2, -0.15) is 0 Å². The predicted molar refractivity (Wildman–Crippen MR) is 102 cm³/mol. The van der Waals surface area contributed by atoms with Gasteiger partial charge in [-0.25, -0.2) is 13.2 Å². The molecule has 142 valence electrons. The van der Waals surface area contributed by atoms with Crippen molar-refractivity contribution in [1.82, 2.24) is 10.2 Å². The van der Waals surface area contributed by atoms with Crippen molar-refractivity contribution < 1.29 is 13.2 Å². The van der Waals surface area contributed by atoms with Gasteiger partial charge in [0.15, 0.2) is 9.84 Å². The third-order valence-corrected chi connectivity index (χ3v) is 5.68. The number of urea groups is 1. The first-order chi connectivity index (χ1) is 11.7. The summed E-state index contributed by atoms with van der Waals surface area (Å²) in [5.74, 6) is 0. The van der Waals surface area contributed by atoms with Crippen molar-refractivity contribution in [1.29, 1.82) is 0 Å². The van der Waals surface area contributed by atoms with Crippen LogP contribution in [0.3, 0.4) is 0 Å². The summed E-state index contributed by atoms with van der Waals surface area (Å²) in [4.78, 5) is 14.3. The van der Waals surface area contributed by atoms with Gasteiger partial charge in [-0.1, -0.05) is 44.7 Å². The molecule has 2 unspecified atom stereocenters. The highest BCUT2D eigenvalue weighted by Gasteiger charge is 2.19. The van der Waals surface area contributed by atoms with Crippen LogP contribution in [0.4, 0.5) is 4.79 Å². The summed E-state index contributed by atoms with van der Waals surface area (Å²) in [7, 11) is -1.45. The van der Waals surface area contributed by atoms with E-state index in [0.717, 1.165) is 18.4 Å². The molecule has 0 bridgehead atoms. The van der Waals surface area contributed by atoms with E-state index >= 15 is 0 Å². The van der Waals surface area contributed by atoms with Gasteiger partial charge in [-0.05, 0) is 38.0 Å². The predicted octanol–water partition coefficient (Wildman–Crippen LogP) is 4.15. The van der Waals surface area contributed by atoms with Gasteiger partial charge in [0.1, 0.15) is 0 Å². The molecule has 1 N–H and O–H groups in total. The molecule has 0 radical (unpaired) electrons. The van der Waals surface area contributed by atoms with E-state index in [1.807, 2.05) is 13.8 Å². The molecule has 0 aromatic heterocycles. The van der Waals surface area contributed by atoms with Crippen molar-refractivity contribution in [2.75, 3.05) is 13.3 Å². The minimum atomic E-state index is -3.20. The van der Waals surface area contributed by atoms with Gasteiger partial charge >= 0.3 is 6.03 Å². The molecule has 5 nitrogen and oxygen atoms in total. The second-order valence-corrected chi connectivity index (χ2v) is 8.84. The Morgan fingerprint density at radius 1 is 1.12 bits per heavy atom. The zero-order chi connectivity index (χ0) is 19.0. The number of amides is 2. The maximum Gasteiger partial charge on any atom is 0.317 e. The third-order valence-electron chi connectivity index (χ3n) is 4.55. The van der Waals surface area contributed by atoms with Crippen molar-refractivity contribution in [3.8, 4) is 0 Å². The molecule has 0 saturated carbocycles. The molecule has 2 amide bonds. The molecule has 0 aliphatic heterocycles. The number of hydrogen-bond acceptors (Lipinski definition) is 3. The number of benzene rings is 1. The van der Waals surface area contributed by atoms with E-state index in [0.29, 0.717) is 0 Å². The SMILES string of the molecule is CCCCCCC(C)NC(=O)N(C)C(C)c1ccc(S(C)(=O)=O)cc1. The lowest BCUT2D eigenvalue weighted by Gasteiger charge is -2.27. The first kappa shape index (κ1) is 21.5. The van der Waals surface area contributed by atoms with Crippen LogP contribution in [-0.4, -0.2) is 38.7 Å². The Kier molecular flexibility index (Phi) is 8.42. The normalized spacial score (nSPS) is 14.0. The van der Waals surface area contributed by atoms with Crippen molar-refractivity contribution in [3.63, 3.8) is 0 Å². The van der Waals surface area contributed by atoms with E-state index in [9.17, 15) is 13.2 Å². The second-order valence-electron chi connectivity index (χ2n) is 6.83. The van der Waals surface area contributed by atoms with E-state index in [2.05, 4.69) is 12.2 Å². The Morgan fingerprint density at radius 2 is 1.72 bits per heavy atom. The minimum absolute atomic E-state index is 0.109. The molecule has 0 spiro atoms. The molecule has 0 aliphatic carbocycles. The number of carbonyl (C=O) groups is 1.